The van der Waals surface area contributed by atoms with E-state index in [1.165, 1.54) is 0 Å². The van der Waals surface area contributed by atoms with Crippen LogP contribution in [0.15, 0.2) is 15.9 Å². The lowest BCUT2D eigenvalue weighted by Gasteiger charge is -2.08. The van der Waals surface area contributed by atoms with Crippen LogP contribution in [0.3, 0.4) is 0 Å². The molecule has 18 heavy (non-hydrogen) atoms. The molecule has 7 heteroatoms. The van der Waals surface area contributed by atoms with Gasteiger partial charge in [0.2, 0.25) is 0 Å². The van der Waals surface area contributed by atoms with Gasteiger partial charge in [-0.1, -0.05) is 19.1 Å². The molecule has 2 aromatic rings. The zero-order valence-electron chi connectivity index (χ0n) is 9.92. The molecule has 0 saturated carbocycles. The lowest BCUT2D eigenvalue weighted by atomic mass is 10.1. The van der Waals surface area contributed by atoms with Gasteiger partial charge in [0.15, 0.2) is 5.69 Å². The van der Waals surface area contributed by atoms with Gasteiger partial charge in [-0.05, 0) is 27.9 Å². The lowest BCUT2D eigenvalue weighted by molar-refractivity contribution is 0.0688. The Hall–Kier alpha value is -1.21. The highest BCUT2D eigenvalue weighted by Gasteiger charge is 2.21. The van der Waals surface area contributed by atoms with Crippen molar-refractivity contribution in [3.63, 3.8) is 0 Å². The van der Waals surface area contributed by atoms with Crippen LogP contribution in [0.1, 0.15) is 40.8 Å². The summed E-state index contributed by atoms with van der Waals surface area (Å²) in [5.41, 5.74) is 0.702. The van der Waals surface area contributed by atoms with Gasteiger partial charge >= 0.3 is 5.97 Å². The third kappa shape index (κ3) is 2.62. The van der Waals surface area contributed by atoms with E-state index in [0.29, 0.717) is 12.2 Å². The van der Waals surface area contributed by atoms with Crippen molar-refractivity contribution < 1.29 is 9.90 Å². The van der Waals surface area contributed by atoms with E-state index in [1.807, 2.05) is 25.3 Å². The van der Waals surface area contributed by atoms with Gasteiger partial charge in [0, 0.05) is 14.7 Å². The SMILES string of the molecule is CC(C)c1c(C(=O)O)nnn1Cc1cc(Br)cs1. The first-order valence-corrected chi connectivity index (χ1v) is 7.06. The van der Waals surface area contributed by atoms with Gasteiger partial charge in [0.1, 0.15) is 0 Å². The van der Waals surface area contributed by atoms with E-state index in [2.05, 4.69) is 26.2 Å². The molecule has 0 bridgehead atoms. The summed E-state index contributed by atoms with van der Waals surface area (Å²) in [6.07, 6.45) is 0. The average molecular weight is 330 g/mol. The molecular weight excluding hydrogens is 318 g/mol. The summed E-state index contributed by atoms with van der Waals surface area (Å²) >= 11 is 4.99. The van der Waals surface area contributed by atoms with E-state index < -0.39 is 5.97 Å². The van der Waals surface area contributed by atoms with Gasteiger partial charge < -0.3 is 5.11 Å². The Morgan fingerprint density at radius 1 is 1.61 bits per heavy atom. The smallest absolute Gasteiger partial charge is 0.358 e. The number of rotatable bonds is 4. The number of carboxylic acid groups (broad SMARTS) is 1. The number of carboxylic acids is 1. The molecule has 5 nitrogen and oxygen atoms in total. The van der Waals surface area contributed by atoms with Crippen molar-refractivity contribution in [2.75, 3.05) is 0 Å². The van der Waals surface area contributed by atoms with E-state index in [1.54, 1.807) is 16.0 Å². The Labute approximate surface area is 117 Å². The van der Waals surface area contributed by atoms with Gasteiger partial charge in [-0.3, -0.25) is 0 Å². The zero-order chi connectivity index (χ0) is 13.3. The monoisotopic (exact) mass is 329 g/mol. The second kappa shape index (κ2) is 5.19. The minimum atomic E-state index is -1.03. The van der Waals surface area contributed by atoms with Crippen molar-refractivity contribution in [1.29, 1.82) is 0 Å². The Bertz CT molecular complexity index is 577. The molecular formula is C11H12BrN3O2S. The summed E-state index contributed by atoms with van der Waals surface area (Å²) < 4.78 is 2.68. The molecule has 0 unspecified atom stereocenters. The molecule has 0 atom stereocenters. The molecule has 0 fully saturated rings. The third-order valence-electron chi connectivity index (χ3n) is 2.45. The minimum absolute atomic E-state index is 0.0422. The predicted molar refractivity (Wildman–Crippen MR) is 72.2 cm³/mol. The van der Waals surface area contributed by atoms with Crippen molar-refractivity contribution in [3.05, 3.63) is 32.2 Å². The average Bonchev–Trinajstić information content (AvgIpc) is 2.85. The predicted octanol–water partition coefficient (Wildman–Crippen LogP) is 2.97. The fourth-order valence-corrected chi connectivity index (χ4v) is 3.18. The van der Waals surface area contributed by atoms with Crippen LogP contribution >= 0.6 is 27.3 Å². The Morgan fingerprint density at radius 2 is 2.33 bits per heavy atom. The van der Waals surface area contributed by atoms with Crippen LogP contribution in [0, 0.1) is 0 Å². The molecule has 0 amide bonds. The molecule has 0 aromatic carbocycles. The Kier molecular flexibility index (Phi) is 3.82. The number of hydrogen-bond donors (Lipinski definition) is 1. The summed E-state index contributed by atoms with van der Waals surface area (Å²) in [4.78, 5) is 12.2. The summed E-state index contributed by atoms with van der Waals surface area (Å²) in [5.74, 6) is -0.966. The Balaban J connectivity index is 2.36. The number of thiophene rings is 1. The summed E-state index contributed by atoms with van der Waals surface area (Å²) in [6.45, 7) is 4.42. The maximum Gasteiger partial charge on any atom is 0.358 e. The summed E-state index contributed by atoms with van der Waals surface area (Å²) in [5, 5.41) is 18.7. The fraction of sp³-hybridized carbons (Fsp3) is 0.364. The van der Waals surface area contributed by atoms with Gasteiger partial charge in [0.25, 0.3) is 0 Å². The van der Waals surface area contributed by atoms with Crippen molar-refractivity contribution in [3.8, 4) is 0 Å². The number of carbonyl (C=O) groups is 1. The van der Waals surface area contributed by atoms with Crippen LogP contribution in [0.4, 0.5) is 0 Å². The molecule has 0 radical (unpaired) electrons. The molecule has 0 spiro atoms. The van der Waals surface area contributed by atoms with E-state index in [0.717, 1.165) is 9.35 Å². The van der Waals surface area contributed by atoms with Crippen LogP contribution in [0.25, 0.3) is 0 Å². The number of nitrogens with zero attached hydrogens (tertiary/aromatic N) is 3. The van der Waals surface area contributed by atoms with Crippen molar-refractivity contribution in [1.82, 2.24) is 15.0 Å². The number of halogens is 1. The highest BCUT2D eigenvalue weighted by molar-refractivity contribution is 9.10. The molecule has 96 valence electrons. The van der Waals surface area contributed by atoms with Crippen LogP contribution in [-0.4, -0.2) is 26.1 Å². The van der Waals surface area contributed by atoms with Gasteiger partial charge in [-0.2, -0.15) is 0 Å². The highest BCUT2D eigenvalue weighted by Crippen LogP contribution is 2.23. The molecule has 2 heterocycles. The minimum Gasteiger partial charge on any atom is -0.476 e. The normalized spacial score (nSPS) is 11.1. The lowest BCUT2D eigenvalue weighted by Crippen LogP contribution is -2.10. The van der Waals surface area contributed by atoms with Crippen LogP contribution in [0.2, 0.25) is 0 Å². The fourth-order valence-electron chi connectivity index (χ4n) is 1.75. The van der Waals surface area contributed by atoms with E-state index in [9.17, 15) is 4.79 Å². The van der Waals surface area contributed by atoms with E-state index in [4.69, 9.17) is 5.11 Å². The zero-order valence-corrected chi connectivity index (χ0v) is 12.3. The quantitative estimate of drug-likeness (QED) is 0.936. The molecule has 0 aliphatic rings. The number of aromatic nitrogens is 3. The first kappa shape index (κ1) is 13.2. The topological polar surface area (TPSA) is 68.0 Å². The third-order valence-corrected chi connectivity index (χ3v) is 4.13. The standard InChI is InChI=1S/C11H12BrN3O2S/c1-6(2)10-9(11(16)17)13-14-15(10)4-8-3-7(12)5-18-8/h3,5-6H,4H2,1-2H3,(H,16,17). The van der Waals surface area contributed by atoms with E-state index in [-0.39, 0.29) is 11.6 Å². The molecule has 1 N–H and O–H groups in total. The molecule has 2 aromatic heterocycles. The maximum absolute atomic E-state index is 11.1. The first-order chi connectivity index (χ1) is 8.49. The molecule has 0 aliphatic heterocycles. The van der Waals surface area contributed by atoms with Crippen molar-refractivity contribution in [2.45, 2.75) is 26.3 Å². The highest BCUT2D eigenvalue weighted by atomic mass is 79.9. The Morgan fingerprint density at radius 3 is 2.83 bits per heavy atom. The van der Waals surface area contributed by atoms with Crippen molar-refractivity contribution >= 4 is 33.2 Å². The van der Waals surface area contributed by atoms with Crippen LogP contribution < -0.4 is 0 Å². The number of aromatic carboxylic acids is 1. The second-order valence-corrected chi connectivity index (χ2v) is 6.08. The van der Waals surface area contributed by atoms with Crippen molar-refractivity contribution in [2.24, 2.45) is 0 Å². The van der Waals surface area contributed by atoms with Crippen LogP contribution in [-0.2, 0) is 6.54 Å². The largest absolute Gasteiger partial charge is 0.476 e. The van der Waals surface area contributed by atoms with Gasteiger partial charge in [-0.25, -0.2) is 9.48 Å². The molecule has 2 rings (SSSR count). The number of hydrogen-bond acceptors (Lipinski definition) is 4. The molecule has 0 saturated heterocycles. The van der Waals surface area contributed by atoms with Gasteiger partial charge in [0.05, 0.1) is 12.2 Å². The first-order valence-electron chi connectivity index (χ1n) is 5.38. The summed E-state index contributed by atoms with van der Waals surface area (Å²) in [7, 11) is 0. The summed E-state index contributed by atoms with van der Waals surface area (Å²) in [6, 6.07) is 2.00. The maximum atomic E-state index is 11.1. The van der Waals surface area contributed by atoms with E-state index >= 15 is 0 Å². The van der Waals surface area contributed by atoms with Gasteiger partial charge in [-0.15, -0.1) is 16.4 Å². The second-order valence-electron chi connectivity index (χ2n) is 4.17. The molecule has 0 aliphatic carbocycles. The van der Waals surface area contributed by atoms with Crippen LogP contribution in [0.5, 0.6) is 0 Å².